The van der Waals surface area contributed by atoms with Gasteiger partial charge in [0, 0.05) is 17.8 Å². The first-order valence-electron chi connectivity index (χ1n) is 3.81. The Labute approximate surface area is 90.5 Å². The molecule has 15 heavy (non-hydrogen) atoms. The molecule has 5 nitrogen and oxygen atoms in total. The fourth-order valence-corrected chi connectivity index (χ4v) is 0.991. The summed E-state index contributed by atoms with van der Waals surface area (Å²) < 4.78 is 0. The van der Waals surface area contributed by atoms with E-state index in [0.717, 1.165) is 0 Å². The number of nitro groups is 1. The van der Waals surface area contributed by atoms with Crippen molar-refractivity contribution in [2.45, 2.75) is 6.42 Å². The first-order valence-corrected chi connectivity index (χ1v) is 4.18. The summed E-state index contributed by atoms with van der Waals surface area (Å²) in [7, 11) is 0. The molecule has 0 aromatic carbocycles. The van der Waals surface area contributed by atoms with Crippen molar-refractivity contribution in [3.63, 3.8) is 0 Å². The maximum atomic E-state index is 10.5. The summed E-state index contributed by atoms with van der Waals surface area (Å²) >= 11 is 5.50. The molecule has 0 radical (unpaired) electrons. The summed E-state index contributed by atoms with van der Waals surface area (Å²) in [5.74, 6) is 5.09. The first-order chi connectivity index (χ1) is 7.15. The highest BCUT2D eigenvalue weighted by atomic mass is 35.5. The Balaban J connectivity index is 3.05. The van der Waals surface area contributed by atoms with Crippen LogP contribution in [0.15, 0.2) is 12.3 Å². The Kier molecular flexibility index (Phi) is 3.61. The van der Waals surface area contributed by atoms with E-state index in [1.54, 1.807) is 0 Å². The second-order valence-corrected chi connectivity index (χ2v) is 2.79. The number of rotatable bonds is 1. The molecule has 1 aromatic rings. The molecule has 6 heteroatoms. The summed E-state index contributed by atoms with van der Waals surface area (Å²) in [6.07, 6.45) is 1.39. The van der Waals surface area contributed by atoms with Gasteiger partial charge in [-0.3, -0.25) is 10.1 Å². The van der Waals surface area contributed by atoms with Crippen molar-refractivity contribution in [3.8, 4) is 17.9 Å². The third-order valence-corrected chi connectivity index (χ3v) is 1.71. The second-order valence-electron chi connectivity index (χ2n) is 2.43. The van der Waals surface area contributed by atoms with E-state index in [1.165, 1.54) is 12.3 Å². The summed E-state index contributed by atoms with van der Waals surface area (Å²) in [5.41, 5.74) is 0.0711. The molecule has 0 saturated heterocycles. The van der Waals surface area contributed by atoms with Crippen LogP contribution in [0.2, 0.25) is 5.15 Å². The van der Waals surface area contributed by atoms with Gasteiger partial charge >= 0.3 is 5.69 Å². The fraction of sp³-hybridized carbons (Fsp3) is 0.111. The van der Waals surface area contributed by atoms with Crippen LogP contribution in [0.1, 0.15) is 12.0 Å². The minimum Gasteiger partial charge on any atom is -0.258 e. The smallest absolute Gasteiger partial charge is 0.258 e. The molecule has 0 bridgehead atoms. The average Bonchev–Trinajstić information content (AvgIpc) is 2.20. The number of nitriles is 1. The number of hydrogen-bond acceptors (Lipinski definition) is 4. The zero-order valence-corrected chi connectivity index (χ0v) is 8.15. The van der Waals surface area contributed by atoms with Crippen LogP contribution in [0, 0.1) is 33.3 Å². The molecule has 0 spiro atoms. The van der Waals surface area contributed by atoms with Crippen molar-refractivity contribution in [3.05, 3.63) is 33.1 Å². The van der Waals surface area contributed by atoms with Crippen molar-refractivity contribution in [1.29, 1.82) is 5.26 Å². The summed E-state index contributed by atoms with van der Waals surface area (Å²) in [5, 5.41) is 18.5. The molecule has 1 aromatic heterocycles. The van der Waals surface area contributed by atoms with E-state index in [-0.39, 0.29) is 17.3 Å². The maximum Gasteiger partial charge on any atom is 0.307 e. The molecule has 0 aliphatic heterocycles. The molecular weight excluding hydrogens is 218 g/mol. The van der Waals surface area contributed by atoms with Gasteiger partial charge in [0.05, 0.1) is 17.4 Å². The van der Waals surface area contributed by atoms with E-state index in [2.05, 4.69) is 16.8 Å². The lowest BCUT2D eigenvalue weighted by atomic mass is 10.2. The molecule has 74 valence electrons. The number of aromatic nitrogens is 1. The highest BCUT2D eigenvalue weighted by Gasteiger charge is 2.13. The largest absolute Gasteiger partial charge is 0.307 e. The highest BCUT2D eigenvalue weighted by Crippen LogP contribution is 2.21. The zero-order valence-electron chi connectivity index (χ0n) is 7.40. The molecule has 0 atom stereocenters. The summed E-state index contributed by atoms with van der Waals surface area (Å²) in [6.45, 7) is 0. The molecule has 0 unspecified atom stereocenters. The van der Waals surface area contributed by atoms with Crippen molar-refractivity contribution >= 4 is 17.3 Å². The topological polar surface area (TPSA) is 79.8 Å². The first kappa shape index (κ1) is 11.0. The zero-order chi connectivity index (χ0) is 11.3. The lowest BCUT2D eigenvalue weighted by Crippen LogP contribution is -1.92. The Hall–Kier alpha value is -2.11. The van der Waals surface area contributed by atoms with Crippen LogP contribution in [-0.4, -0.2) is 9.91 Å². The normalized spacial score (nSPS) is 8.53. The SMILES string of the molecule is N#CCC#Cc1cnc(Cl)c([N+](=O)[O-])c1. The van der Waals surface area contributed by atoms with E-state index < -0.39 is 4.92 Å². The molecule has 0 saturated carbocycles. The Morgan fingerprint density at radius 3 is 3.00 bits per heavy atom. The van der Waals surface area contributed by atoms with Gasteiger partial charge in [-0.05, 0) is 0 Å². The predicted molar refractivity (Wildman–Crippen MR) is 53.0 cm³/mol. The van der Waals surface area contributed by atoms with Gasteiger partial charge in [-0.1, -0.05) is 23.4 Å². The molecule has 1 heterocycles. The van der Waals surface area contributed by atoms with Crippen LogP contribution in [0.25, 0.3) is 0 Å². The minimum absolute atomic E-state index is 0.0659. The van der Waals surface area contributed by atoms with E-state index in [1.807, 2.05) is 6.07 Å². The monoisotopic (exact) mass is 221 g/mol. The molecule has 1 rings (SSSR count). The molecule has 0 fully saturated rings. The highest BCUT2D eigenvalue weighted by molar-refractivity contribution is 6.31. The maximum absolute atomic E-state index is 10.5. The third-order valence-electron chi connectivity index (χ3n) is 1.42. The Morgan fingerprint density at radius 1 is 1.67 bits per heavy atom. The molecular formula is C9H4ClN3O2. The van der Waals surface area contributed by atoms with Crippen molar-refractivity contribution in [1.82, 2.24) is 4.98 Å². The van der Waals surface area contributed by atoms with Gasteiger partial charge in [0.25, 0.3) is 0 Å². The van der Waals surface area contributed by atoms with Gasteiger partial charge in [-0.25, -0.2) is 4.98 Å². The standard InChI is InChI=1S/C9H4ClN3O2/c10-9-8(13(14)15)5-7(6-12-9)3-1-2-4-11/h5-6H,2H2. The molecule has 0 N–H and O–H groups in total. The van der Waals surface area contributed by atoms with Gasteiger partial charge in [0.1, 0.15) is 0 Å². The predicted octanol–water partition coefficient (Wildman–Crippen LogP) is 1.91. The number of nitrogens with zero attached hydrogens (tertiary/aromatic N) is 3. The van der Waals surface area contributed by atoms with Crippen molar-refractivity contribution in [2.75, 3.05) is 0 Å². The number of pyridine rings is 1. The lowest BCUT2D eigenvalue weighted by Gasteiger charge is -1.94. The fourth-order valence-electron chi connectivity index (χ4n) is 0.819. The molecule has 0 aliphatic rings. The van der Waals surface area contributed by atoms with Gasteiger partial charge in [-0.2, -0.15) is 5.26 Å². The summed E-state index contributed by atoms with van der Waals surface area (Å²) in [6, 6.07) is 3.05. The van der Waals surface area contributed by atoms with E-state index in [4.69, 9.17) is 16.9 Å². The number of hydrogen-bond donors (Lipinski definition) is 0. The lowest BCUT2D eigenvalue weighted by molar-refractivity contribution is -0.385. The minimum atomic E-state index is -0.634. The van der Waals surface area contributed by atoms with Gasteiger partial charge in [0.2, 0.25) is 5.15 Å². The van der Waals surface area contributed by atoms with Gasteiger partial charge < -0.3 is 0 Å². The van der Waals surface area contributed by atoms with Crippen LogP contribution >= 0.6 is 11.6 Å². The van der Waals surface area contributed by atoms with Crippen LogP contribution in [0.5, 0.6) is 0 Å². The summed E-state index contributed by atoms with van der Waals surface area (Å²) in [4.78, 5) is 13.5. The third kappa shape index (κ3) is 2.94. The molecule has 0 amide bonds. The van der Waals surface area contributed by atoms with Crippen molar-refractivity contribution < 1.29 is 4.92 Å². The van der Waals surface area contributed by atoms with Crippen molar-refractivity contribution in [2.24, 2.45) is 0 Å². The Morgan fingerprint density at radius 2 is 2.40 bits per heavy atom. The Bertz CT molecular complexity index is 496. The average molecular weight is 222 g/mol. The van der Waals surface area contributed by atoms with E-state index in [9.17, 15) is 10.1 Å². The van der Waals surface area contributed by atoms with Crippen LogP contribution < -0.4 is 0 Å². The van der Waals surface area contributed by atoms with Crippen LogP contribution in [-0.2, 0) is 0 Å². The van der Waals surface area contributed by atoms with Gasteiger partial charge in [0.15, 0.2) is 0 Å². The second kappa shape index (κ2) is 4.94. The number of halogens is 1. The van der Waals surface area contributed by atoms with Crippen LogP contribution in [0.3, 0.4) is 0 Å². The molecule has 0 aliphatic carbocycles. The quantitative estimate of drug-likeness (QED) is 0.314. The van der Waals surface area contributed by atoms with Crippen LogP contribution in [0.4, 0.5) is 5.69 Å². The van der Waals surface area contributed by atoms with E-state index >= 15 is 0 Å². The van der Waals surface area contributed by atoms with E-state index in [0.29, 0.717) is 5.56 Å². The van der Waals surface area contributed by atoms with Gasteiger partial charge in [-0.15, -0.1) is 0 Å².